The molecule has 0 unspecified atom stereocenters. The number of nitrogens with one attached hydrogen (secondary N) is 1. The van der Waals surface area contributed by atoms with Crippen LogP contribution in [0.4, 0.5) is 5.69 Å². The average molecular weight is 420 g/mol. The van der Waals surface area contributed by atoms with Crippen LogP contribution in [0.5, 0.6) is 5.75 Å². The Morgan fingerprint density at radius 1 is 0.733 bits per heavy atom. The van der Waals surface area contributed by atoms with Crippen LogP contribution >= 0.6 is 0 Å². The quantitative estimate of drug-likeness (QED) is 0.138. The van der Waals surface area contributed by atoms with Crippen molar-refractivity contribution in [1.29, 1.82) is 0 Å². The molecule has 10 nitrogen and oxygen atoms in total. The lowest BCUT2D eigenvalue weighted by molar-refractivity contribution is 0.313. The van der Waals surface area contributed by atoms with Gasteiger partial charge in [-0.05, 0) is 37.1 Å². The lowest BCUT2D eigenvalue weighted by atomic mass is 10.1. The number of rotatable bonds is 15. The van der Waals surface area contributed by atoms with Crippen molar-refractivity contribution in [3.63, 3.8) is 0 Å². The van der Waals surface area contributed by atoms with Gasteiger partial charge in [-0.1, -0.05) is 25.7 Å². The van der Waals surface area contributed by atoms with Gasteiger partial charge in [0, 0.05) is 26.1 Å². The van der Waals surface area contributed by atoms with Crippen molar-refractivity contribution in [3.05, 3.63) is 24.3 Å². The van der Waals surface area contributed by atoms with Crippen molar-refractivity contribution >= 4 is 23.6 Å². The second kappa shape index (κ2) is 15.7. The predicted octanol–water partition coefficient (Wildman–Crippen LogP) is 0.879. The van der Waals surface area contributed by atoms with E-state index in [0.717, 1.165) is 38.0 Å². The van der Waals surface area contributed by atoms with Gasteiger partial charge in [0.2, 0.25) is 0 Å². The molecule has 0 spiro atoms. The fraction of sp³-hybridized carbons (Fsp3) is 0.550. The van der Waals surface area contributed by atoms with Gasteiger partial charge in [0.25, 0.3) is 0 Å². The van der Waals surface area contributed by atoms with E-state index in [1.54, 1.807) is 12.1 Å². The van der Waals surface area contributed by atoms with Crippen LogP contribution in [0.15, 0.2) is 39.2 Å². The number of nitrogens with two attached hydrogens (primary N) is 5. The SMILES string of the molecule is NC(N)=NCCCCCCCCNC(N)=NCCCOc1ccc(N=C(N)N)cc1. The Balaban J connectivity index is 2.00. The van der Waals surface area contributed by atoms with Gasteiger partial charge in [-0.25, -0.2) is 4.99 Å². The molecule has 0 bridgehead atoms. The topological polar surface area (TPSA) is 188 Å². The molecule has 0 atom stereocenters. The number of guanidine groups is 3. The Kier molecular flexibility index (Phi) is 13.0. The van der Waals surface area contributed by atoms with Crippen molar-refractivity contribution in [2.75, 3.05) is 26.2 Å². The van der Waals surface area contributed by atoms with Gasteiger partial charge in [-0.15, -0.1) is 0 Å². The molecule has 0 saturated carbocycles. The smallest absolute Gasteiger partial charge is 0.191 e. The summed E-state index contributed by atoms with van der Waals surface area (Å²) in [5, 5.41) is 3.15. The molecule has 0 radical (unpaired) electrons. The first kappa shape index (κ1) is 24.9. The van der Waals surface area contributed by atoms with Gasteiger partial charge in [0.1, 0.15) is 5.75 Å². The zero-order chi connectivity index (χ0) is 22.0. The maximum Gasteiger partial charge on any atom is 0.191 e. The van der Waals surface area contributed by atoms with Crippen LogP contribution in [0.3, 0.4) is 0 Å². The largest absolute Gasteiger partial charge is 0.494 e. The third-order valence-corrected chi connectivity index (χ3v) is 4.13. The third-order valence-electron chi connectivity index (χ3n) is 4.13. The number of hydrogen-bond donors (Lipinski definition) is 6. The number of aliphatic imine (C=N–C) groups is 3. The zero-order valence-electron chi connectivity index (χ0n) is 17.7. The summed E-state index contributed by atoms with van der Waals surface area (Å²) in [4.78, 5) is 12.2. The van der Waals surface area contributed by atoms with E-state index in [1.165, 1.54) is 19.3 Å². The molecule has 10 heteroatoms. The first-order valence-electron chi connectivity index (χ1n) is 10.4. The van der Waals surface area contributed by atoms with Gasteiger partial charge in [0.05, 0.1) is 12.3 Å². The summed E-state index contributed by atoms with van der Waals surface area (Å²) in [5.74, 6) is 1.44. The molecule has 0 heterocycles. The minimum atomic E-state index is 0.0312. The third kappa shape index (κ3) is 13.9. The molecule has 1 aromatic carbocycles. The van der Waals surface area contributed by atoms with E-state index < -0.39 is 0 Å². The first-order valence-corrected chi connectivity index (χ1v) is 10.4. The molecule has 0 saturated heterocycles. The normalized spacial score (nSPS) is 11.0. The van der Waals surface area contributed by atoms with Crippen LogP contribution < -0.4 is 38.7 Å². The number of hydrogen-bond acceptors (Lipinski definition) is 4. The van der Waals surface area contributed by atoms with Crippen molar-refractivity contribution in [2.45, 2.75) is 44.9 Å². The highest BCUT2D eigenvalue weighted by Gasteiger charge is 1.97. The maximum absolute atomic E-state index is 5.88. The highest BCUT2D eigenvalue weighted by atomic mass is 16.5. The van der Waals surface area contributed by atoms with E-state index in [0.29, 0.717) is 31.3 Å². The van der Waals surface area contributed by atoms with E-state index in [4.69, 9.17) is 33.4 Å². The molecular formula is C20H37N9O. The van der Waals surface area contributed by atoms with Crippen molar-refractivity contribution in [3.8, 4) is 5.75 Å². The zero-order valence-corrected chi connectivity index (χ0v) is 17.7. The molecule has 0 aliphatic heterocycles. The Morgan fingerprint density at radius 3 is 2.03 bits per heavy atom. The molecule has 1 rings (SSSR count). The first-order chi connectivity index (χ1) is 14.5. The standard InChI is InChI=1S/C20H37N9O/c21-18(22)26-12-5-3-1-2-4-6-13-27-20(25)28-14-7-15-30-17-10-8-16(9-11-17)29-19(23)24/h8-11H,1-7,12-15H2,(H4,21,22,26)(H4,23,24,29)(H3,25,27,28). The van der Waals surface area contributed by atoms with E-state index in [1.807, 2.05) is 12.1 Å². The van der Waals surface area contributed by atoms with Crippen molar-refractivity contribution in [2.24, 2.45) is 43.6 Å². The second-order valence-corrected chi connectivity index (χ2v) is 6.85. The molecule has 11 N–H and O–H groups in total. The van der Waals surface area contributed by atoms with Gasteiger partial charge >= 0.3 is 0 Å². The Bertz CT molecular complexity index is 663. The molecule has 30 heavy (non-hydrogen) atoms. The number of unbranched alkanes of at least 4 members (excludes halogenated alkanes) is 5. The lowest BCUT2D eigenvalue weighted by Crippen LogP contribution is -2.32. The summed E-state index contributed by atoms with van der Waals surface area (Å²) >= 11 is 0. The van der Waals surface area contributed by atoms with Gasteiger partial charge in [0.15, 0.2) is 17.9 Å². The minimum Gasteiger partial charge on any atom is -0.494 e. The number of benzene rings is 1. The maximum atomic E-state index is 5.88. The summed E-state index contributed by atoms with van der Waals surface area (Å²) in [6, 6.07) is 7.24. The van der Waals surface area contributed by atoms with Crippen molar-refractivity contribution < 1.29 is 4.74 Å². The highest BCUT2D eigenvalue weighted by molar-refractivity contribution is 5.79. The van der Waals surface area contributed by atoms with E-state index in [2.05, 4.69) is 20.3 Å². The molecule has 0 aliphatic rings. The fourth-order valence-electron chi connectivity index (χ4n) is 2.64. The second-order valence-electron chi connectivity index (χ2n) is 6.85. The molecule has 0 amide bonds. The number of nitrogens with zero attached hydrogens (tertiary/aromatic N) is 3. The van der Waals surface area contributed by atoms with Crippen LogP contribution in [0, 0.1) is 0 Å². The van der Waals surface area contributed by atoms with E-state index >= 15 is 0 Å². The van der Waals surface area contributed by atoms with Gasteiger partial charge in [-0.3, -0.25) is 9.98 Å². The highest BCUT2D eigenvalue weighted by Crippen LogP contribution is 2.17. The Hall–Kier alpha value is -3.17. The van der Waals surface area contributed by atoms with Crippen LogP contribution in [0.1, 0.15) is 44.9 Å². The number of ether oxygens (including phenoxy) is 1. The van der Waals surface area contributed by atoms with Crippen molar-refractivity contribution in [1.82, 2.24) is 5.32 Å². The molecule has 168 valence electrons. The van der Waals surface area contributed by atoms with Gasteiger partial charge in [-0.2, -0.15) is 0 Å². The summed E-state index contributed by atoms with van der Waals surface area (Å²) < 4.78 is 5.66. The fourth-order valence-corrected chi connectivity index (χ4v) is 2.64. The molecule has 0 fully saturated rings. The Morgan fingerprint density at radius 2 is 1.37 bits per heavy atom. The monoisotopic (exact) mass is 419 g/mol. The average Bonchev–Trinajstić information content (AvgIpc) is 2.69. The van der Waals surface area contributed by atoms with Crippen LogP contribution in [-0.2, 0) is 0 Å². The molecule has 0 aliphatic carbocycles. The summed E-state index contributed by atoms with van der Waals surface area (Å²) in [5.41, 5.74) is 27.8. The van der Waals surface area contributed by atoms with Crippen LogP contribution in [0.2, 0.25) is 0 Å². The minimum absolute atomic E-state index is 0.0312. The Labute approximate surface area is 179 Å². The molecule has 0 aromatic heterocycles. The predicted molar refractivity (Wildman–Crippen MR) is 125 cm³/mol. The van der Waals surface area contributed by atoms with Crippen LogP contribution in [-0.4, -0.2) is 44.1 Å². The lowest BCUT2D eigenvalue weighted by Gasteiger charge is -2.07. The molecular weight excluding hydrogens is 382 g/mol. The van der Waals surface area contributed by atoms with Crippen LogP contribution in [0.25, 0.3) is 0 Å². The summed E-state index contributed by atoms with van der Waals surface area (Å²) in [7, 11) is 0. The summed E-state index contributed by atoms with van der Waals surface area (Å²) in [6.45, 7) is 2.72. The van der Waals surface area contributed by atoms with Gasteiger partial charge < -0.3 is 38.7 Å². The van der Waals surface area contributed by atoms with E-state index in [-0.39, 0.29) is 11.9 Å². The van der Waals surface area contributed by atoms with E-state index in [9.17, 15) is 0 Å². The summed E-state index contributed by atoms with van der Waals surface area (Å²) in [6.07, 6.45) is 7.59. The molecule has 1 aromatic rings.